The molecule has 0 aromatic heterocycles. The fourth-order valence-electron chi connectivity index (χ4n) is 3.15. The van der Waals surface area contributed by atoms with E-state index in [2.05, 4.69) is 60.7 Å². The Labute approximate surface area is 160 Å². The summed E-state index contributed by atoms with van der Waals surface area (Å²) in [6.45, 7) is 2.67. The van der Waals surface area contributed by atoms with Gasteiger partial charge in [0.1, 0.15) is 5.75 Å². The van der Waals surface area contributed by atoms with Crippen LogP contribution in [0.3, 0.4) is 0 Å². The summed E-state index contributed by atoms with van der Waals surface area (Å²) in [6.07, 6.45) is 0.809. The van der Waals surface area contributed by atoms with Crippen LogP contribution in [0.4, 0.5) is 0 Å². The summed E-state index contributed by atoms with van der Waals surface area (Å²) in [4.78, 5) is 0. The molecule has 0 amide bonds. The first kappa shape index (κ1) is 18.3. The molecule has 0 spiro atoms. The van der Waals surface area contributed by atoms with E-state index in [0.717, 1.165) is 12.2 Å². The molecule has 0 N–H and O–H groups in total. The molecule has 3 rings (SSSR count). The molecule has 0 heterocycles. The first-order chi connectivity index (χ1) is 12.8. The summed E-state index contributed by atoms with van der Waals surface area (Å²) in [7, 11) is 0. The van der Waals surface area contributed by atoms with Crippen LogP contribution in [-0.2, 0) is 0 Å². The molecule has 0 saturated carbocycles. The van der Waals surface area contributed by atoms with Gasteiger partial charge >= 0.3 is 0 Å². The quantitative estimate of drug-likeness (QED) is 0.336. The van der Waals surface area contributed by atoms with Crippen LogP contribution < -0.4 is 4.74 Å². The van der Waals surface area contributed by atoms with Crippen molar-refractivity contribution in [1.82, 2.24) is 0 Å². The number of allylic oxidation sites excluding steroid dienone is 1. The van der Waals surface area contributed by atoms with E-state index in [4.69, 9.17) is 16.3 Å². The molecular weight excluding hydrogens is 340 g/mol. The lowest BCUT2D eigenvalue weighted by atomic mass is 9.88. The minimum atomic E-state index is 0.581. The van der Waals surface area contributed by atoms with E-state index in [-0.39, 0.29) is 0 Å². The highest BCUT2D eigenvalue weighted by atomic mass is 35.5. The molecule has 0 aliphatic heterocycles. The predicted octanol–water partition coefficient (Wildman–Crippen LogP) is 6.67. The highest BCUT2D eigenvalue weighted by Gasteiger charge is 2.13. The highest BCUT2D eigenvalue weighted by Crippen LogP contribution is 2.35. The van der Waals surface area contributed by atoms with Crippen molar-refractivity contribution in [3.05, 3.63) is 102 Å². The summed E-state index contributed by atoms with van der Waals surface area (Å²) >= 11 is 6.18. The Bertz CT molecular complexity index is 836. The van der Waals surface area contributed by atoms with Gasteiger partial charge in [-0.1, -0.05) is 72.8 Å². The maximum absolute atomic E-state index is 6.18. The van der Waals surface area contributed by atoms with Gasteiger partial charge in [-0.2, -0.15) is 0 Å². The average molecular weight is 363 g/mol. The zero-order chi connectivity index (χ0) is 18.2. The Morgan fingerprint density at radius 1 is 0.731 bits per heavy atom. The molecule has 0 aliphatic rings. The number of hydrogen-bond acceptors (Lipinski definition) is 1. The number of halogens is 1. The summed E-state index contributed by atoms with van der Waals surface area (Å²) in [5.74, 6) is 1.47. The lowest BCUT2D eigenvalue weighted by molar-refractivity contribution is 0.340. The standard InChI is InChI=1S/C24H23ClO/c1-2-26-22-15-13-21(14-16-22)24(20-11-7-4-8-12-20)23(17-18-25)19-9-5-3-6-10-19/h3-16H,2,17-18H2,1H3. The molecule has 0 unspecified atom stereocenters. The molecule has 0 radical (unpaired) electrons. The van der Waals surface area contributed by atoms with Gasteiger partial charge in [0.2, 0.25) is 0 Å². The van der Waals surface area contributed by atoms with Crippen LogP contribution >= 0.6 is 11.6 Å². The predicted molar refractivity (Wildman–Crippen MR) is 112 cm³/mol. The Morgan fingerprint density at radius 2 is 1.27 bits per heavy atom. The Hall–Kier alpha value is -2.51. The Balaban J connectivity index is 2.19. The van der Waals surface area contributed by atoms with Gasteiger partial charge in [0.25, 0.3) is 0 Å². The average Bonchev–Trinajstić information content (AvgIpc) is 2.70. The van der Waals surface area contributed by atoms with E-state index >= 15 is 0 Å². The summed E-state index contributed by atoms with van der Waals surface area (Å²) in [5.41, 5.74) is 6.06. The molecule has 0 aliphatic carbocycles. The maximum Gasteiger partial charge on any atom is 0.119 e. The van der Waals surface area contributed by atoms with Crippen LogP contribution in [0.5, 0.6) is 5.75 Å². The van der Waals surface area contributed by atoms with E-state index in [9.17, 15) is 0 Å². The molecular formula is C24H23ClO. The van der Waals surface area contributed by atoms with Gasteiger partial charge in [0.05, 0.1) is 6.61 Å². The summed E-state index contributed by atoms with van der Waals surface area (Å²) < 4.78 is 5.60. The number of benzene rings is 3. The third-order valence-electron chi connectivity index (χ3n) is 4.28. The number of alkyl halides is 1. The number of rotatable bonds is 7. The van der Waals surface area contributed by atoms with Crippen LogP contribution in [0, 0.1) is 0 Å². The Kier molecular flexibility index (Phi) is 6.51. The minimum absolute atomic E-state index is 0.581. The molecule has 132 valence electrons. The van der Waals surface area contributed by atoms with Gasteiger partial charge < -0.3 is 4.74 Å². The van der Waals surface area contributed by atoms with E-state index in [1.165, 1.54) is 27.8 Å². The molecule has 1 nitrogen and oxygen atoms in total. The largest absolute Gasteiger partial charge is 0.494 e. The molecule has 0 bridgehead atoms. The van der Waals surface area contributed by atoms with E-state index in [0.29, 0.717) is 12.5 Å². The molecule has 26 heavy (non-hydrogen) atoms. The van der Waals surface area contributed by atoms with Gasteiger partial charge in [-0.05, 0) is 53.3 Å². The van der Waals surface area contributed by atoms with Gasteiger partial charge in [-0.15, -0.1) is 11.6 Å². The monoisotopic (exact) mass is 362 g/mol. The highest BCUT2D eigenvalue weighted by molar-refractivity contribution is 6.18. The third kappa shape index (κ3) is 4.36. The lowest BCUT2D eigenvalue weighted by Crippen LogP contribution is -1.97. The van der Waals surface area contributed by atoms with Crippen molar-refractivity contribution in [2.24, 2.45) is 0 Å². The van der Waals surface area contributed by atoms with Gasteiger partial charge in [0.15, 0.2) is 0 Å². The summed E-state index contributed by atoms with van der Waals surface area (Å²) in [5, 5.41) is 0. The van der Waals surface area contributed by atoms with Crippen LogP contribution in [-0.4, -0.2) is 12.5 Å². The second kappa shape index (κ2) is 9.26. The van der Waals surface area contributed by atoms with Gasteiger partial charge in [-0.25, -0.2) is 0 Å². The van der Waals surface area contributed by atoms with Crippen molar-refractivity contribution < 1.29 is 4.74 Å². The molecule has 2 heteroatoms. The lowest BCUT2D eigenvalue weighted by Gasteiger charge is -2.17. The van der Waals surface area contributed by atoms with E-state index in [1.807, 2.05) is 31.2 Å². The smallest absolute Gasteiger partial charge is 0.119 e. The molecule has 0 saturated heterocycles. The minimum Gasteiger partial charge on any atom is -0.494 e. The van der Waals surface area contributed by atoms with Crippen molar-refractivity contribution in [3.63, 3.8) is 0 Å². The third-order valence-corrected chi connectivity index (χ3v) is 4.47. The van der Waals surface area contributed by atoms with Crippen molar-refractivity contribution in [1.29, 1.82) is 0 Å². The normalized spacial score (nSPS) is 11.8. The molecule has 3 aromatic rings. The SMILES string of the molecule is CCOc1ccc(C(=C(CCCl)c2ccccc2)c2ccccc2)cc1. The zero-order valence-electron chi connectivity index (χ0n) is 15.0. The topological polar surface area (TPSA) is 9.23 Å². The fraction of sp³-hybridized carbons (Fsp3) is 0.167. The van der Waals surface area contributed by atoms with Crippen molar-refractivity contribution in [2.45, 2.75) is 13.3 Å². The van der Waals surface area contributed by atoms with Crippen LogP contribution in [0.25, 0.3) is 11.1 Å². The van der Waals surface area contributed by atoms with Crippen LogP contribution in [0.1, 0.15) is 30.0 Å². The molecule has 0 fully saturated rings. The number of ether oxygens (including phenoxy) is 1. The van der Waals surface area contributed by atoms with Crippen molar-refractivity contribution >= 4 is 22.7 Å². The van der Waals surface area contributed by atoms with E-state index in [1.54, 1.807) is 0 Å². The van der Waals surface area contributed by atoms with Gasteiger partial charge in [-0.3, -0.25) is 0 Å². The van der Waals surface area contributed by atoms with Crippen LogP contribution in [0.15, 0.2) is 84.9 Å². The van der Waals surface area contributed by atoms with Crippen molar-refractivity contribution in [3.8, 4) is 5.75 Å². The number of hydrogen-bond donors (Lipinski definition) is 0. The Morgan fingerprint density at radius 3 is 1.81 bits per heavy atom. The molecule has 0 atom stereocenters. The fourth-order valence-corrected chi connectivity index (χ4v) is 3.34. The summed E-state index contributed by atoms with van der Waals surface area (Å²) in [6, 6.07) is 29.3. The first-order valence-corrected chi connectivity index (χ1v) is 9.50. The first-order valence-electron chi connectivity index (χ1n) is 8.96. The molecule has 3 aromatic carbocycles. The second-order valence-corrected chi connectivity index (χ2v) is 6.36. The second-order valence-electron chi connectivity index (χ2n) is 5.98. The van der Waals surface area contributed by atoms with E-state index < -0.39 is 0 Å². The zero-order valence-corrected chi connectivity index (χ0v) is 15.7. The maximum atomic E-state index is 6.18. The van der Waals surface area contributed by atoms with Gasteiger partial charge in [0, 0.05) is 5.88 Å². The van der Waals surface area contributed by atoms with Crippen molar-refractivity contribution in [2.75, 3.05) is 12.5 Å². The van der Waals surface area contributed by atoms with Crippen LogP contribution in [0.2, 0.25) is 0 Å².